The third-order valence-corrected chi connectivity index (χ3v) is 2.11. The molecule has 0 aliphatic rings. The quantitative estimate of drug-likeness (QED) is 0.631. The van der Waals surface area contributed by atoms with Crippen molar-refractivity contribution in [2.75, 3.05) is 0 Å². The van der Waals surface area contributed by atoms with Crippen LogP contribution in [0.5, 0.6) is 5.75 Å². The number of carbonyl (C=O) groups excluding carboxylic acids is 1. The molecule has 0 unspecified atom stereocenters. The monoisotopic (exact) mass is 214 g/mol. The average Bonchev–Trinajstić information content (AvgIpc) is 2.79. The van der Waals surface area contributed by atoms with E-state index in [1.54, 1.807) is 36.4 Å². The van der Waals surface area contributed by atoms with Gasteiger partial charge < -0.3 is 9.52 Å². The van der Waals surface area contributed by atoms with Crippen molar-refractivity contribution in [1.29, 1.82) is 0 Å². The van der Waals surface area contributed by atoms with Crippen molar-refractivity contribution in [2.45, 2.75) is 0 Å². The number of phenols is 1. The molecule has 0 atom stereocenters. The highest BCUT2D eigenvalue weighted by Crippen LogP contribution is 2.17. The van der Waals surface area contributed by atoms with Gasteiger partial charge in [0.05, 0.1) is 11.8 Å². The van der Waals surface area contributed by atoms with Crippen molar-refractivity contribution < 1.29 is 14.3 Å². The lowest BCUT2D eigenvalue weighted by Crippen LogP contribution is -1.93. The molecule has 2 rings (SSSR count). The Morgan fingerprint density at radius 2 is 2.00 bits per heavy atom. The van der Waals surface area contributed by atoms with Gasteiger partial charge in [-0.1, -0.05) is 12.1 Å². The molecule has 3 heteroatoms. The van der Waals surface area contributed by atoms with Gasteiger partial charge in [0.25, 0.3) is 0 Å². The molecular weight excluding hydrogens is 204 g/mol. The smallest absolute Gasteiger partial charge is 0.189 e. The minimum Gasteiger partial charge on any atom is -0.507 e. The summed E-state index contributed by atoms with van der Waals surface area (Å²) in [6, 6.07) is 9.91. The standard InChI is InChI=1S/C13H10O3/c14-12-6-2-1-5-11(12)13(15)8-7-10-4-3-9-16-10/h1-9,14H/b8-7+. The highest BCUT2D eigenvalue weighted by Gasteiger charge is 2.06. The van der Waals surface area contributed by atoms with Gasteiger partial charge >= 0.3 is 0 Å². The van der Waals surface area contributed by atoms with E-state index in [1.165, 1.54) is 18.4 Å². The largest absolute Gasteiger partial charge is 0.507 e. The number of carbonyl (C=O) groups is 1. The van der Waals surface area contributed by atoms with Crippen LogP contribution in [0.3, 0.4) is 0 Å². The molecule has 0 spiro atoms. The molecule has 80 valence electrons. The summed E-state index contributed by atoms with van der Waals surface area (Å²) in [6.45, 7) is 0. The van der Waals surface area contributed by atoms with E-state index < -0.39 is 0 Å². The second-order valence-corrected chi connectivity index (χ2v) is 3.23. The zero-order chi connectivity index (χ0) is 11.4. The van der Waals surface area contributed by atoms with Crippen molar-refractivity contribution in [2.24, 2.45) is 0 Å². The van der Waals surface area contributed by atoms with E-state index in [0.717, 1.165) is 0 Å². The summed E-state index contributed by atoms with van der Waals surface area (Å²) in [5.41, 5.74) is 0.283. The molecular formula is C13H10O3. The Labute approximate surface area is 92.6 Å². The first kappa shape index (κ1) is 10.2. The Morgan fingerprint density at radius 1 is 1.19 bits per heavy atom. The maximum atomic E-state index is 11.7. The predicted molar refractivity (Wildman–Crippen MR) is 60.2 cm³/mol. The maximum absolute atomic E-state index is 11.7. The van der Waals surface area contributed by atoms with Gasteiger partial charge in [0.15, 0.2) is 5.78 Å². The van der Waals surface area contributed by atoms with Crippen LogP contribution in [0.15, 0.2) is 53.2 Å². The summed E-state index contributed by atoms with van der Waals surface area (Å²) < 4.78 is 5.05. The fourth-order valence-electron chi connectivity index (χ4n) is 1.32. The first-order chi connectivity index (χ1) is 7.77. The summed E-state index contributed by atoms with van der Waals surface area (Å²) in [4.78, 5) is 11.7. The van der Waals surface area contributed by atoms with Crippen LogP contribution >= 0.6 is 0 Å². The van der Waals surface area contributed by atoms with Gasteiger partial charge in [-0.25, -0.2) is 0 Å². The molecule has 0 aliphatic carbocycles. The summed E-state index contributed by atoms with van der Waals surface area (Å²) in [5, 5.41) is 9.46. The van der Waals surface area contributed by atoms with Crippen LogP contribution in [0.25, 0.3) is 6.08 Å². The van der Waals surface area contributed by atoms with Crippen molar-refractivity contribution in [3.8, 4) is 5.75 Å². The molecule has 1 heterocycles. The average molecular weight is 214 g/mol. The van der Waals surface area contributed by atoms with E-state index in [9.17, 15) is 9.90 Å². The lowest BCUT2D eigenvalue weighted by molar-refractivity contribution is 0.104. The normalized spacial score (nSPS) is 10.8. The highest BCUT2D eigenvalue weighted by molar-refractivity contribution is 6.08. The molecule has 1 aromatic carbocycles. The fourth-order valence-corrected chi connectivity index (χ4v) is 1.32. The van der Waals surface area contributed by atoms with Gasteiger partial charge in [0, 0.05) is 0 Å². The number of hydrogen-bond donors (Lipinski definition) is 1. The second kappa shape index (κ2) is 4.49. The van der Waals surface area contributed by atoms with E-state index in [2.05, 4.69) is 0 Å². The SMILES string of the molecule is O=C(/C=C/c1ccco1)c1ccccc1O. The Morgan fingerprint density at radius 3 is 2.69 bits per heavy atom. The molecule has 0 saturated heterocycles. The van der Waals surface area contributed by atoms with Gasteiger partial charge in [-0.2, -0.15) is 0 Å². The summed E-state index contributed by atoms with van der Waals surface area (Å²) >= 11 is 0. The third kappa shape index (κ3) is 2.20. The van der Waals surface area contributed by atoms with Crippen molar-refractivity contribution in [3.63, 3.8) is 0 Å². The van der Waals surface area contributed by atoms with Gasteiger partial charge in [-0.05, 0) is 36.4 Å². The molecule has 0 bridgehead atoms. The van der Waals surface area contributed by atoms with Gasteiger partial charge in [0.2, 0.25) is 0 Å². The molecule has 2 aromatic rings. The number of benzene rings is 1. The number of phenolic OH excluding ortho intramolecular Hbond substituents is 1. The Balaban J connectivity index is 2.18. The van der Waals surface area contributed by atoms with Crippen LogP contribution in [0.4, 0.5) is 0 Å². The van der Waals surface area contributed by atoms with Crippen LogP contribution in [-0.2, 0) is 0 Å². The first-order valence-electron chi connectivity index (χ1n) is 4.81. The molecule has 16 heavy (non-hydrogen) atoms. The molecule has 1 N–H and O–H groups in total. The summed E-state index contributed by atoms with van der Waals surface area (Å²) in [6.07, 6.45) is 4.47. The van der Waals surface area contributed by atoms with Crippen LogP contribution in [0.1, 0.15) is 16.1 Å². The molecule has 0 fully saturated rings. The van der Waals surface area contributed by atoms with Gasteiger partial charge in [0.1, 0.15) is 11.5 Å². The van der Waals surface area contributed by atoms with Crippen molar-refractivity contribution in [3.05, 3.63) is 60.1 Å². The number of allylic oxidation sites excluding steroid dienone is 1. The van der Waals surface area contributed by atoms with Crippen molar-refractivity contribution >= 4 is 11.9 Å². The van der Waals surface area contributed by atoms with Crippen molar-refractivity contribution in [1.82, 2.24) is 0 Å². The van der Waals surface area contributed by atoms with Gasteiger partial charge in [-0.3, -0.25) is 4.79 Å². The van der Waals surface area contributed by atoms with E-state index in [-0.39, 0.29) is 17.1 Å². The number of hydrogen-bond acceptors (Lipinski definition) is 3. The number of para-hydroxylation sites is 1. The summed E-state index contributed by atoms with van der Waals surface area (Å²) in [5.74, 6) is 0.329. The van der Waals surface area contributed by atoms with Crippen LogP contribution < -0.4 is 0 Å². The lowest BCUT2D eigenvalue weighted by Gasteiger charge is -1.98. The minimum atomic E-state index is -0.255. The number of ketones is 1. The molecule has 1 aromatic heterocycles. The Hall–Kier alpha value is -2.29. The second-order valence-electron chi connectivity index (χ2n) is 3.23. The zero-order valence-corrected chi connectivity index (χ0v) is 8.46. The Bertz CT molecular complexity index is 510. The van der Waals surface area contributed by atoms with E-state index in [1.807, 2.05) is 0 Å². The molecule has 0 amide bonds. The third-order valence-electron chi connectivity index (χ3n) is 2.11. The highest BCUT2D eigenvalue weighted by atomic mass is 16.3. The molecule has 0 radical (unpaired) electrons. The number of aromatic hydroxyl groups is 1. The molecule has 0 saturated carbocycles. The van der Waals surface area contributed by atoms with Crippen LogP contribution in [0.2, 0.25) is 0 Å². The van der Waals surface area contributed by atoms with Crippen LogP contribution in [-0.4, -0.2) is 10.9 Å². The van der Waals surface area contributed by atoms with Gasteiger partial charge in [-0.15, -0.1) is 0 Å². The van der Waals surface area contributed by atoms with E-state index in [0.29, 0.717) is 5.76 Å². The number of rotatable bonds is 3. The fraction of sp³-hybridized carbons (Fsp3) is 0. The first-order valence-corrected chi connectivity index (χ1v) is 4.81. The zero-order valence-electron chi connectivity index (χ0n) is 8.46. The van der Waals surface area contributed by atoms with E-state index >= 15 is 0 Å². The topological polar surface area (TPSA) is 50.4 Å². The lowest BCUT2D eigenvalue weighted by atomic mass is 10.1. The maximum Gasteiger partial charge on any atom is 0.189 e. The number of furan rings is 1. The van der Waals surface area contributed by atoms with E-state index in [4.69, 9.17) is 4.42 Å². The molecule has 3 nitrogen and oxygen atoms in total. The summed E-state index contributed by atoms with van der Waals surface area (Å²) in [7, 11) is 0. The minimum absolute atomic E-state index is 0.0170. The van der Waals surface area contributed by atoms with Crippen LogP contribution in [0, 0.1) is 0 Å². The predicted octanol–water partition coefficient (Wildman–Crippen LogP) is 2.88. The Kier molecular flexibility index (Phi) is 2.87. The molecule has 0 aliphatic heterocycles.